The van der Waals surface area contributed by atoms with Crippen molar-refractivity contribution in [1.29, 1.82) is 5.26 Å². The SMILES string of the molecule is CCCCC(CC)COC(=O)/C(C#N)=C/c1cccc(-c2ccccc2)c1. The normalized spacial score (nSPS) is 12.3. The number of esters is 1. The van der Waals surface area contributed by atoms with Crippen LogP contribution in [-0.2, 0) is 9.53 Å². The van der Waals surface area contributed by atoms with Crippen LogP contribution < -0.4 is 0 Å². The zero-order chi connectivity index (χ0) is 19.5. The Kier molecular flexibility index (Phi) is 8.32. The molecule has 0 amide bonds. The largest absolute Gasteiger partial charge is 0.461 e. The number of benzene rings is 2. The number of carbonyl (C=O) groups is 1. The Morgan fingerprint density at radius 2 is 1.85 bits per heavy atom. The van der Waals surface area contributed by atoms with Crippen LogP contribution in [0.2, 0.25) is 0 Å². The lowest BCUT2D eigenvalue weighted by Crippen LogP contribution is -2.15. The Bertz CT molecular complexity index is 803. The molecule has 27 heavy (non-hydrogen) atoms. The van der Waals surface area contributed by atoms with Crippen molar-refractivity contribution in [2.75, 3.05) is 6.61 Å². The standard InChI is InChI=1S/C24H27NO2/c1-3-5-10-19(4-2)18-27-24(26)23(17-25)16-20-11-9-14-22(15-20)21-12-7-6-8-13-21/h6-9,11-16,19H,3-5,10,18H2,1-2H3/b23-16+. The maximum atomic E-state index is 12.3. The number of unbranched alkanes of at least 4 members (excludes halogenated alkanes) is 1. The van der Waals surface area contributed by atoms with Gasteiger partial charge < -0.3 is 4.74 Å². The zero-order valence-corrected chi connectivity index (χ0v) is 16.2. The van der Waals surface area contributed by atoms with Crippen molar-refractivity contribution in [3.8, 4) is 17.2 Å². The quantitative estimate of drug-likeness (QED) is 0.312. The van der Waals surface area contributed by atoms with Crippen molar-refractivity contribution >= 4 is 12.0 Å². The Morgan fingerprint density at radius 1 is 1.11 bits per heavy atom. The molecule has 2 aromatic carbocycles. The highest BCUT2D eigenvalue weighted by Crippen LogP contribution is 2.21. The predicted molar refractivity (Wildman–Crippen MR) is 110 cm³/mol. The van der Waals surface area contributed by atoms with Crippen LogP contribution in [0, 0.1) is 17.2 Å². The molecular weight excluding hydrogens is 334 g/mol. The lowest BCUT2D eigenvalue weighted by Gasteiger charge is -2.14. The van der Waals surface area contributed by atoms with Gasteiger partial charge in [-0.25, -0.2) is 4.79 Å². The molecule has 0 aromatic heterocycles. The minimum Gasteiger partial charge on any atom is -0.461 e. The maximum Gasteiger partial charge on any atom is 0.348 e. The summed E-state index contributed by atoms with van der Waals surface area (Å²) in [7, 11) is 0. The molecule has 0 N–H and O–H groups in total. The van der Waals surface area contributed by atoms with Crippen molar-refractivity contribution in [1.82, 2.24) is 0 Å². The summed E-state index contributed by atoms with van der Waals surface area (Å²) < 4.78 is 5.40. The van der Waals surface area contributed by atoms with Crippen molar-refractivity contribution in [3.05, 3.63) is 65.7 Å². The Hall–Kier alpha value is -2.86. The molecule has 0 heterocycles. The highest BCUT2D eigenvalue weighted by molar-refractivity contribution is 5.98. The van der Waals surface area contributed by atoms with E-state index >= 15 is 0 Å². The highest BCUT2D eigenvalue weighted by Gasteiger charge is 2.14. The van der Waals surface area contributed by atoms with Crippen LogP contribution in [0.5, 0.6) is 0 Å². The van der Waals surface area contributed by atoms with Crippen molar-refractivity contribution < 1.29 is 9.53 Å². The molecule has 0 saturated carbocycles. The monoisotopic (exact) mass is 361 g/mol. The van der Waals surface area contributed by atoms with Crippen molar-refractivity contribution in [2.24, 2.45) is 5.92 Å². The molecule has 0 bridgehead atoms. The van der Waals surface area contributed by atoms with Crippen molar-refractivity contribution in [2.45, 2.75) is 39.5 Å². The molecule has 0 radical (unpaired) electrons. The van der Waals surface area contributed by atoms with Gasteiger partial charge in [-0.15, -0.1) is 0 Å². The van der Waals surface area contributed by atoms with Crippen LogP contribution >= 0.6 is 0 Å². The molecule has 0 spiro atoms. The Morgan fingerprint density at radius 3 is 2.52 bits per heavy atom. The zero-order valence-electron chi connectivity index (χ0n) is 16.2. The molecule has 0 saturated heterocycles. The van der Waals surface area contributed by atoms with Gasteiger partial charge in [0.2, 0.25) is 0 Å². The lowest BCUT2D eigenvalue weighted by atomic mass is 10.0. The average molecular weight is 361 g/mol. The first kappa shape index (κ1) is 20.5. The summed E-state index contributed by atoms with van der Waals surface area (Å²) in [6.45, 7) is 4.63. The number of hydrogen-bond acceptors (Lipinski definition) is 3. The minimum absolute atomic E-state index is 0.0329. The molecule has 3 nitrogen and oxygen atoms in total. The highest BCUT2D eigenvalue weighted by atomic mass is 16.5. The molecule has 0 aliphatic heterocycles. The molecule has 3 heteroatoms. The smallest absolute Gasteiger partial charge is 0.348 e. The first-order valence-corrected chi connectivity index (χ1v) is 9.62. The predicted octanol–water partition coefficient (Wildman–Crippen LogP) is 6.02. The lowest BCUT2D eigenvalue weighted by molar-refractivity contribution is -0.139. The van der Waals surface area contributed by atoms with Gasteiger partial charge in [-0.2, -0.15) is 5.26 Å². The van der Waals surface area contributed by atoms with Gasteiger partial charge in [0.05, 0.1) is 6.61 Å². The molecule has 0 fully saturated rings. The summed E-state index contributed by atoms with van der Waals surface area (Å²) >= 11 is 0. The fourth-order valence-corrected chi connectivity index (χ4v) is 2.91. The molecule has 0 aliphatic carbocycles. The van der Waals surface area contributed by atoms with Gasteiger partial charge in [-0.05, 0) is 41.2 Å². The van der Waals surface area contributed by atoms with Crippen LogP contribution in [0.3, 0.4) is 0 Å². The number of carbonyl (C=O) groups excluding carboxylic acids is 1. The van der Waals surface area contributed by atoms with Gasteiger partial charge in [0, 0.05) is 0 Å². The number of nitriles is 1. The van der Waals surface area contributed by atoms with Crippen LogP contribution in [-0.4, -0.2) is 12.6 Å². The fraction of sp³-hybridized carbons (Fsp3) is 0.333. The van der Waals surface area contributed by atoms with E-state index in [4.69, 9.17) is 4.74 Å². The van der Waals surface area contributed by atoms with Gasteiger partial charge in [-0.3, -0.25) is 0 Å². The van der Waals surface area contributed by atoms with Gasteiger partial charge in [0.25, 0.3) is 0 Å². The Labute approximate surface area is 162 Å². The van der Waals surface area contributed by atoms with Crippen LogP contribution in [0.1, 0.15) is 45.1 Å². The van der Waals surface area contributed by atoms with Gasteiger partial charge in [0.1, 0.15) is 11.6 Å². The summed E-state index contributed by atoms with van der Waals surface area (Å²) in [5.74, 6) is -0.187. The van der Waals surface area contributed by atoms with Gasteiger partial charge in [0.15, 0.2) is 0 Å². The molecule has 1 atom stereocenters. The average Bonchev–Trinajstić information content (AvgIpc) is 2.72. The van der Waals surface area contributed by atoms with E-state index in [9.17, 15) is 10.1 Å². The van der Waals surface area contributed by atoms with E-state index < -0.39 is 5.97 Å². The first-order valence-electron chi connectivity index (χ1n) is 9.62. The number of nitrogens with zero attached hydrogens (tertiary/aromatic N) is 1. The third-order valence-corrected chi connectivity index (χ3v) is 4.64. The van der Waals surface area contributed by atoms with Crippen LogP contribution in [0.25, 0.3) is 17.2 Å². The third-order valence-electron chi connectivity index (χ3n) is 4.64. The second-order valence-corrected chi connectivity index (χ2v) is 6.68. The van der Waals surface area contributed by atoms with Crippen LogP contribution in [0.4, 0.5) is 0 Å². The summed E-state index contributed by atoms with van der Waals surface area (Å²) in [4.78, 5) is 12.3. The molecule has 2 aromatic rings. The first-order chi connectivity index (χ1) is 13.2. The second kappa shape index (κ2) is 11.0. The molecule has 0 aliphatic rings. The van der Waals surface area contributed by atoms with Gasteiger partial charge >= 0.3 is 5.97 Å². The molecular formula is C24H27NO2. The number of ether oxygens (including phenoxy) is 1. The molecule has 2 rings (SSSR count). The fourth-order valence-electron chi connectivity index (χ4n) is 2.91. The van der Waals surface area contributed by atoms with E-state index in [2.05, 4.69) is 13.8 Å². The van der Waals surface area contributed by atoms with E-state index in [1.54, 1.807) is 6.08 Å². The summed E-state index contributed by atoms with van der Waals surface area (Å²) in [6.07, 6.45) is 5.87. The topological polar surface area (TPSA) is 50.1 Å². The Balaban J connectivity index is 2.09. The van der Waals surface area contributed by atoms with Crippen LogP contribution in [0.15, 0.2) is 60.2 Å². The number of rotatable bonds is 9. The van der Waals surface area contributed by atoms with E-state index in [1.165, 1.54) is 0 Å². The minimum atomic E-state index is -0.544. The van der Waals surface area contributed by atoms with E-state index in [0.717, 1.165) is 42.4 Å². The van der Waals surface area contributed by atoms with E-state index in [0.29, 0.717) is 12.5 Å². The summed E-state index contributed by atoms with van der Waals surface area (Å²) in [5.41, 5.74) is 2.98. The van der Waals surface area contributed by atoms with Gasteiger partial charge in [-0.1, -0.05) is 81.6 Å². The number of hydrogen-bond donors (Lipinski definition) is 0. The summed E-state index contributed by atoms with van der Waals surface area (Å²) in [5, 5.41) is 9.39. The third kappa shape index (κ3) is 6.42. The van der Waals surface area contributed by atoms with E-state index in [1.807, 2.05) is 60.7 Å². The van der Waals surface area contributed by atoms with Crippen molar-refractivity contribution in [3.63, 3.8) is 0 Å². The molecule has 140 valence electrons. The summed E-state index contributed by atoms with van der Waals surface area (Å²) in [6, 6.07) is 19.8. The second-order valence-electron chi connectivity index (χ2n) is 6.68. The van der Waals surface area contributed by atoms with E-state index in [-0.39, 0.29) is 5.57 Å². The maximum absolute atomic E-state index is 12.3. The molecule has 1 unspecified atom stereocenters.